The van der Waals surface area contributed by atoms with E-state index in [1.807, 2.05) is 6.92 Å². The van der Waals surface area contributed by atoms with Gasteiger partial charge in [0, 0.05) is 6.07 Å². The Kier molecular flexibility index (Phi) is 5.70. The van der Waals surface area contributed by atoms with Crippen LogP contribution >= 0.6 is 46.4 Å². The summed E-state index contributed by atoms with van der Waals surface area (Å²) in [4.78, 5) is 11.6. The zero-order chi connectivity index (χ0) is 15.4. The second-order valence-electron chi connectivity index (χ2n) is 3.82. The van der Waals surface area contributed by atoms with E-state index in [0.717, 1.165) is 6.42 Å². The molecule has 0 fully saturated rings. The lowest BCUT2D eigenvalue weighted by Crippen LogP contribution is -2.03. The minimum Gasteiger partial charge on any atom is -0.463 e. The molecule has 9 heteroatoms. The topological polar surface area (TPSA) is 57.1 Å². The molecule has 112 valence electrons. The fourth-order valence-corrected chi connectivity index (χ4v) is 2.02. The van der Waals surface area contributed by atoms with Crippen LogP contribution in [0.2, 0.25) is 20.4 Å². The van der Waals surface area contributed by atoms with E-state index < -0.39 is 0 Å². The molecule has 1 aromatic carbocycles. The SMILES string of the molecule is CCCOc1nc(Cl)nc(Oc2cc(Cl)c(Cl)cc2Cl)n1. The van der Waals surface area contributed by atoms with Gasteiger partial charge in [0.15, 0.2) is 5.75 Å². The van der Waals surface area contributed by atoms with E-state index in [1.165, 1.54) is 12.1 Å². The van der Waals surface area contributed by atoms with Crippen molar-refractivity contribution in [3.8, 4) is 17.8 Å². The second kappa shape index (κ2) is 7.31. The molecule has 0 amide bonds. The van der Waals surface area contributed by atoms with Crippen molar-refractivity contribution in [2.24, 2.45) is 0 Å². The quantitative estimate of drug-likeness (QED) is 0.689. The third-order valence-electron chi connectivity index (χ3n) is 2.18. The van der Waals surface area contributed by atoms with Crippen molar-refractivity contribution in [1.82, 2.24) is 15.0 Å². The number of halogens is 4. The van der Waals surface area contributed by atoms with Gasteiger partial charge in [-0.3, -0.25) is 0 Å². The van der Waals surface area contributed by atoms with E-state index in [9.17, 15) is 0 Å². The van der Waals surface area contributed by atoms with Crippen molar-refractivity contribution in [2.75, 3.05) is 6.61 Å². The van der Waals surface area contributed by atoms with Crippen molar-refractivity contribution < 1.29 is 9.47 Å². The summed E-state index contributed by atoms with van der Waals surface area (Å²) < 4.78 is 10.7. The van der Waals surface area contributed by atoms with E-state index in [0.29, 0.717) is 16.7 Å². The maximum Gasteiger partial charge on any atom is 0.329 e. The zero-order valence-corrected chi connectivity index (χ0v) is 13.8. The molecule has 5 nitrogen and oxygen atoms in total. The van der Waals surface area contributed by atoms with Gasteiger partial charge in [0.1, 0.15) is 0 Å². The zero-order valence-electron chi connectivity index (χ0n) is 10.7. The smallest absolute Gasteiger partial charge is 0.329 e. The highest BCUT2D eigenvalue weighted by Crippen LogP contribution is 2.35. The number of nitrogens with zero attached hydrogens (tertiary/aromatic N) is 3. The molecule has 0 spiro atoms. The Labute approximate surface area is 141 Å². The minimum atomic E-state index is -0.0543. The molecule has 0 saturated carbocycles. The first-order chi connectivity index (χ1) is 9.99. The Morgan fingerprint density at radius 1 is 0.905 bits per heavy atom. The van der Waals surface area contributed by atoms with Crippen LogP contribution in [-0.4, -0.2) is 21.6 Å². The monoisotopic (exact) mass is 367 g/mol. The fraction of sp³-hybridized carbons (Fsp3) is 0.250. The van der Waals surface area contributed by atoms with Gasteiger partial charge in [-0.25, -0.2) is 0 Å². The number of hydrogen-bond donors (Lipinski definition) is 0. The molecule has 0 atom stereocenters. The lowest BCUT2D eigenvalue weighted by Gasteiger charge is -2.08. The van der Waals surface area contributed by atoms with Crippen LogP contribution in [-0.2, 0) is 0 Å². The molecule has 0 aliphatic rings. The first kappa shape index (κ1) is 16.4. The average molecular weight is 369 g/mol. The molecule has 0 bridgehead atoms. The van der Waals surface area contributed by atoms with Crippen LogP contribution < -0.4 is 9.47 Å². The summed E-state index contributed by atoms with van der Waals surface area (Å²) in [6, 6.07) is 2.93. The van der Waals surface area contributed by atoms with Gasteiger partial charge < -0.3 is 9.47 Å². The number of hydrogen-bond acceptors (Lipinski definition) is 5. The van der Waals surface area contributed by atoms with Crippen molar-refractivity contribution in [1.29, 1.82) is 0 Å². The predicted molar refractivity (Wildman–Crippen MR) is 82.2 cm³/mol. The summed E-state index contributed by atoms with van der Waals surface area (Å²) >= 11 is 23.6. The van der Waals surface area contributed by atoms with Crippen LogP contribution in [0.5, 0.6) is 17.8 Å². The normalized spacial score (nSPS) is 10.5. The summed E-state index contributed by atoms with van der Waals surface area (Å²) in [6.45, 7) is 2.41. The minimum absolute atomic E-state index is 0.0534. The van der Waals surface area contributed by atoms with Gasteiger partial charge in [0.25, 0.3) is 0 Å². The second-order valence-corrected chi connectivity index (χ2v) is 5.38. The van der Waals surface area contributed by atoms with E-state index in [2.05, 4.69) is 15.0 Å². The summed E-state index contributed by atoms with van der Waals surface area (Å²) in [5, 5.41) is 0.813. The summed E-state index contributed by atoms with van der Waals surface area (Å²) in [7, 11) is 0. The number of ether oxygens (including phenoxy) is 2. The van der Waals surface area contributed by atoms with Gasteiger partial charge in [-0.05, 0) is 24.1 Å². The molecule has 1 aromatic heterocycles. The summed E-state index contributed by atoms with van der Waals surface area (Å²) in [5.74, 6) is 0.245. The highest BCUT2D eigenvalue weighted by Gasteiger charge is 2.12. The van der Waals surface area contributed by atoms with Crippen LogP contribution in [0.25, 0.3) is 0 Å². The Bertz CT molecular complexity index is 655. The molecular weight excluding hydrogens is 360 g/mol. The third-order valence-corrected chi connectivity index (χ3v) is 3.36. The van der Waals surface area contributed by atoms with Crippen molar-refractivity contribution in [3.63, 3.8) is 0 Å². The van der Waals surface area contributed by atoms with Gasteiger partial charge in [-0.15, -0.1) is 4.98 Å². The number of rotatable bonds is 5. The maximum absolute atomic E-state index is 6.01. The third kappa shape index (κ3) is 4.48. The molecule has 0 unspecified atom stereocenters. The Hall–Kier alpha value is -1.01. The van der Waals surface area contributed by atoms with Crippen LogP contribution in [0.1, 0.15) is 13.3 Å². The van der Waals surface area contributed by atoms with E-state index >= 15 is 0 Å². The Morgan fingerprint density at radius 3 is 2.29 bits per heavy atom. The van der Waals surface area contributed by atoms with Crippen LogP contribution in [0.4, 0.5) is 0 Å². The first-order valence-electron chi connectivity index (χ1n) is 5.86. The number of aromatic nitrogens is 3. The molecule has 0 aliphatic carbocycles. The highest BCUT2D eigenvalue weighted by atomic mass is 35.5. The van der Waals surface area contributed by atoms with Gasteiger partial charge in [-0.2, -0.15) is 9.97 Å². The van der Waals surface area contributed by atoms with Crippen molar-refractivity contribution in [2.45, 2.75) is 13.3 Å². The predicted octanol–water partition coefficient (Wildman–Crippen LogP) is 5.07. The van der Waals surface area contributed by atoms with Crippen LogP contribution in [0.3, 0.4) is 0 Å². The van der Waals surface area contributed by atoms with Gasteiger partial charge in [0.2, 0.25) is 5.28 Å². The van der Waals surface area contributed by atoms with Crippen molar-refractivity contribution in [3.05, 3.63) is 32.5 Å². The standard InChI is InChI=1S/C12H9Cl4N3O2/c1-2-3-20-11-17-10(16)18-12(19-11)21-9-5-7(14)6(13)4-8(9)15/h4-5H,2-3H2,1H3. The molecule has 0 saturated heterocycles. The highest BCUT2D eigenvalue weighted by molar-refractivity contribution is 6.43. The largest absolute Gasteiger partial charge is 0.463 e. The average Bonchev–Trinajstić information content (AvgIpc) is 2.42. The van der Waals surface area contributed by atoms with E-state index in [1.54, 1.807) is 0 Å². The van der Waals surface area contributed by atoms with Crippen LogP contribution in [0.15, 0.2) is 12.1 Å². The maximum atomic E-state index is 6.01. The summed E-state index contributed by atoms with van der Waals surface area (Å²) in [5.41, 5.74) is 0. The molecule has 21 heavy (non-hydrogen) atoms. The molecule has 0 N–H and O–H groups in total. The van der Waals surface area contributed by atoms with Crippen LogP contribution in [0, 0.1) is 0 Å². The molecule has 2 rings (SSSR count). The number of benzene rings is 1. The van der Waals surface area contributed by atoms with Crippen molar-refractivity contribution >= 4 is 46.4 Å². The Balaban J connectivity index is 2.27. The molecule has 0 aliphatic heterocycles. The lowest BCUT2D eigenvalue weighted by atomic mass is 10.3. The summed E-state index contributed by atoms with van der Waals surface area (Å²) in [6.07, 6.45) is 0.804. The first-order valence-corrected chi connectivity index (χ1v) is 7.37. The molecular formula is C12H9Cl4N3O2. The lowest BCUT2D eigenvalue weighted by molar-refractivity contribution is 0.284. The van der Waals surface area contributed by atoms with E-state index in [-0.39, 0.29) is 28.1 Å². The van der Waals surface area contributed by atoms with E-state index in [4.69, 9.17) is 55.9 Å². The molecule has 1 heterocycles. The molecule has 0 radical (unpaired) electrons. The molecule has 2 aromatic rings. The Morgan fingerprint density at radius 2 is 1.57 bits per heavy atom. The van der Waals surface area contributed by atoms with Gasteiger partial charge in [0.05, 0.1) is 21.7 Å². The van der Waals surface area contributed by atoms with Gasteiger partial charge in [-0.1, -0.05) is 41.7 Å². The fourth-order valence-electron chi connectivity index (χ4n) is 1.30. The van der Waals surface area contributed by atoms with Gasteiger partial charge >= 0.3 is 12.0 Å².